The molecule has 3 aromatic heterocycles. The number of amides is 1. The van der Waals surface area contributed by atoms with E-state index in [1.54, 1.807) is 23.7 Å². The fraction of sp³-hybridized carbons (Fsp3) is 0.258. The first kappa shape index (κ1) is 26.0. The second-order valence-electron chi connectivity index (χ2n) is 10.5. The molecule has 0 radical (unpaired) electrons. The SMILES string of the molecule is Cc1csc([C@H]2CCCN2C(=O)c2cc(-c3cccnc3)cc(-c3nnc([C@@](C)(N)Cc4ccccc4)o3)c2)n1. The molecule has 1 aliphatic rings. The van der Waals surface area contributed by atoms with E-state index in [0.717, 1.165) is 40.2 Å². The van der Waals surface area contributed by atoms with Crippen LogP contribution in [0, 0.1) is 6.92 Å². The first-order valence-electron chi connectivity index (χ1n) is 13.3. The molecular formula is C31H30N6O2S. The van der Waals surface area contributed by atoms with E-state index < -0.39 is 5.54 Å². The molecular weight excluding hydrogens is 520 g/mol. The summed E-state index contributed by atoms with van der Waals surface area (Å²) >= 11 is 1.61. The Morgan fingerprint density at radius 1 is 1.10 bits per heavy atom. The average Bonchev–Trinajstić information content (AvgIpc) is 3.74. The van der Waals surface area contributed by atoms with Crippen molar-refractivity contribution < 1.29 is 9.21 Å². The zero-order chi connectivity index (χ0) is 27.7. The molecule has 0 saturated carbocycles. The summed E-state index contributed by atoms with van der Waals surface area (Å²) in [6, 6.07) is 19.5. The van der Waals surface area contributed by atoms with Crippen LogP contribution in [0.2, 0.25) is 0 Å². The first-order chi connectivity index (χ1) is 19.4. The van der Waals surface area contributed by atoms with Gasteiger partial charge in [0.25, 0.3) is 5.91 Å². The van der Waals surface area contributed by atoms with Gasteiger partial charge in [-0.2, -0.15) is 0 Å². The number of aromatic nitrogens is 4. The Labute approximate surface area is 236 Å². The summed E-state index contributed by atoms with van der Waals surface area (Å²) in [5, 5.41) is 11.7. The average molecular weight is 551 g/mol. The van der Waals surface area contributed by atoms with Gasteiger partial charge in [0.15, 0.2) is 0 Å². The second kappa shape index (κ2) is 10.7. The summed E-state index contributed by atoms with van der Waals surface area (Å²) in [7, 11) is 0. The predicted octanol–water partition coefficient (Wildman–Crippen LogP) is 5.96. The number of pyridine rings is 1. The zero-order valence-electron chi connectivity index (χ0n) is 22.4. The van der Waals surface area contributed by atoms with Crippen LogP contribution in [0.25, 0.3) is 22.6 Å². The van der Waals surface area contributed by atoms with Crippen LogP contribution in [0.4, 0.5) is 0 Å². The standard InChI is InChI=1S/C31H30N6O2S/c1-20-19-40-28(34-20)26-11-7-13-37(26)29(38)25-15-23(22-10-6-12-33-18-22)14-24(16-25)27-35-36-30(39-27)31(2,32)17-21-8-4-3-5-9-21/h3-6,8-10,12,14-16,18-19,26H,7,11,13,17,32H2,1-2H3/t26-,31+/m1/s1. The minimum Gasteiger partial charge on any atom is -0.419 e. The van der Waals surface area contributed by atoms with E-state index in [-0.39, 0.29) is 11.9 Å². The van der Waals surface area contributed by atoms with Crippen molar-refractivity contribution in [3.8, 4) is 22.6 Å². The van der Waals surface area contributed by atoms with Gasteiger partial charge in [0, 0.05) is 46.7 Å². The van der Waals surface area contributed by atoms with Crippen LogP contribution in [0.1, 0.15) is 58.3 Å². The maximum atomic E-state index is 14.0. The third-order valence-corrected chi connectivity index (χ3v) is 8.25. The van der Waals surface area contributed by atoms with Crippen LogP contribution in [-0.4, -0.2) is 37.5 Å². The third-order valence-electron chi connectivity index (χ3n) is 7.19. The Morgan fingerprint density at radius 3 is 2.67 bits per heavy atom. The highest BCUT2D eigenvalue weighted by Crippen LogP contribution is 2.36. The predicted molar refractivity (Wildman–Crippen MR) is 155 cm³/mol. The summed E-state index contributed by atoms with van der Waals surface area (Å²) in [4.78, 5) is 24.9. The maximum Gasteiger partial charge on any atom is 0.254 e. The molecule has 1 aliphatic heterocycles. The van der Waals surface area contributed by atoms with Crippen molar-refractivity contribution in [2.24, 2.45) is 5.73 Å². The Morgan fingerprint density at radius 2 is 1.93 bits per heavy atom. The molecule has 4 heterocycles. The van der Waals surface area contributed by atoms with Gasteiger partial charge < -0.3 is 15.1 Å². The quantitative estimate of drug-likeness (QED) is 0.266. The van der Waals surface area contributed by atoms with Crippen LogP contribution >= 0.6 is 11.3 Å². The fourth-order valence-corrected chi connectivity index (χ4v) is 6.14. The molecule has 5 aromatic rings. The molecule has 2 N–H and O–H groups in total. The number of hydrogen-bond donors (Lipinski definition) is 1. The molecule has 0 spiro atoms. The zero-order valence-corrected chi connectivity index (χ0v) is 23.3. The van der Waals surface area contributed by atoms with Crippen molar-refractivity contribution in [3.63, 3.8) is 0 Å². The normalized spacial score (nSPS) is 16.7. The molecule has 9 heteroatoms. The highest BCUT2D eigenvalue weighted by molar-refractivity contribution is 7.09. The van der Waals surface area contributed by atoms with Gasteiger partial charge in [-0.25, -0.2) is 4.98 Å². The summed E-state index contributed by atoms with van der Waals surface area (Å²) in [6.45, 7) is 4.55. The number of carbonyl (C=O) groups excluding carboxylic acids is 1. The summed E-state index contributed by atoms with van der Waals surface area (Å²) < 4.78 is 6.15. The van der Waals surface area contributed by atoms with E-state index in [4.69, 9.17) is 10.2 Å². The number of thiazole rings is 1. The Balaban J connectivity index is 1.36. The van der Waals surface area contributed by atoms with E-state index >= 15 is 0 Å². The van der Waals surface area contributed by atoms with Crippen molar-refractivity contribution >= 4 is 17.2 Å². The lowest BCUT2D eigenvalue weighted by Crippen LogP contribution is -2.35. The molecule has 1 fully saturated rings. The number of nitrogens with zero attached hydrogens (tertiary/aromatic N) is 5. The highest BCUT2D eigenvalue weighted by Gasteiger charge is 2.33. The van der Waals surface area contributed by atoms with Crippen LogP contribution < -0.4 is 5.73 Å². The van der Waals surface area contributed by atoms with E-state index in [2.05, 4.69) is 20.2 Å². The van der Waals surface area contributed by atoms with Gasteiger partial charge in [-0.15, -0.1) is 21.5 Å². The van der Waals surface area contributed by atoms with Crippen molar-refractivity contribution in [1.82, 2.24) is 25.1 Å². The number of carbonyl (C=O) groups is 1. The monoisotopic (exact) mass is 550 g/mol. The summed E-state index contributed by atoms with van der Waals surface area (Å²) in [5.74, 6) is 0.604. The van der Waals surface area contributed by atoms with Gasteiger partial charge in [-0.3, -0.25) is 9.78 Å². The topological polar surface area (TPSA) is 111 Å². The Hall–Kier alpha value is -4.21. The van der Waals surface area contributed by atoms with Gasteiger partial charge in [0.05, 0.1) is 11.6 Å². The number of nitrogens with two attached hydrogens (primary N) is 1. The number of benzene rings is 2. The number of rotatable bonds is 7. The van der Waals surface area contributed by atoms with Gasteiger partial charge in [0.1, 0.15) is 5.01 Å². The maximum absolute atomic E-state index is 14.0. The fourth-order valence-electron chi connectivity index (χ4n) is 5.20. The molecule has 0 aliphatic carbocycles. The first-order valence-corrected chi connectivity index (χ1v) is 14.2. The minimum atomic E-state index is -0.860. The Bertz CT molecular complexity index is 1630. The highest BCUT2D eigenvalue weighted by atomic mass is 32.1. The Kier molecular flexibility index (Phi) is 7.00. The molecule has 2 aromatic carbocycles. The molecule has 202 valence electrons. The summed E-state index contributed by atoms with van der Waals surface area (Å²) in [5.41, 5.74) is 10.8. The third kappa shape index (κ3) is 5.30. The largest absolute Gasteiger partial charge is 0.419 e. The molecule has 1 saturated heterocycles. The lowest BCUT2D eigenvalue weighted by atomic mass is 9.94. The van der Waals surface area contributed by atoms with E-state index in [0.29, 0.717) is 35.9 Å². The second-order valence-corrected chi connectivity index (χ2v) is 11.4. The van der Waals surface area contributed by atoms with E-state index in [1.165, 1.54) is 0 Å². The smallest absolute Gasteiger partial charge is 0.254 e. The van der Waals surface area contributed by atoms with Gasteiger partial charge in [-0.1, -0.05) is 36.4 Å². The lowest BCUT2D eigenvalue weighted by Gasteiger charge is -2.23. The molecule has 8 nitrogen and oxygen atoms in total. The lowest BCUT2D eigenvalue weighted by molar-refractivity contribution is 0.0735. The number of likely N-dealkylation sites (tertiary alicyclic amines) is 1. The van der Waals surface area contributed by atoms with Crippen LogP contribution in [-0.2, 0) is 12.0 Å². The van der Waals surface area contributed by atoms with Gasteiger partial charge in [0.2, 0.25) is 11.8 Å². The van der Waals surface area contributed by atoms with Gasteiger partial charge in [-0.05, 0) is 68.5 Å². The molecule has 0 bridgehead atoms. The van der Waals surface area contributed by atoms with Crippen molar-refractivity contribution in [2.45, 2.75) is 44.7 Å². The molecule has 0 unspecified atom stereocenters. The van der Waals surface area contributed by atoms with Crippen LogP contribution in [0.3, 0.4) is 0 Å². The van der Waals surface area contributed by atoms with Crippen molar-refractivity contribution in [2.75, 3.05) is 6.54 Å². The minimum absolute atomic E-state index is 0.0253. The van der Waals surface area contributed by atoms with E-state index in [1.807, 2.05) is 84.8 Å². The van der Waals surface area contributed by atoms with Crippen molar-refractivity contribution in [1.29, 1.82) is 0 Å². The molecule has 1 amide bonds. The molecule has 2 atom stereocenters. The van der Waals surface area contributed by atoms with Gasteiger partial charge >= 0.3 is 0 Å². The van der Waals surface area contributed by atoms with Crippen LogP contribution in [0.5, 0.6) is 0 Å². The number of hydrogen-bond acceptors (Lipinski definition) is 8. The molecule has 40 heavy (non-hydrogen) atoms. The van der Waals surface area contributed by atoms with Crippen LogP contribution in [0.15, 0.2) is 82.9 Å². The van der Waals surface area contributed by atoms with E-state index in [9.17, 15) is 4.79 Å². The van der Waals surface area contributed by atoms with Crippen molar-refractivity contribution in [3.05, 3.63) is 106 Å². The summed E-state index contributed by atoms with van der Waals surface area (Å²) in [6.07, 6.45) is 5.89. The molecule has 6 rings (SSSR count). The number of aryl methyl sites for hydroxylation is 1.